The Morgan fingerprint density at radius 3 is 2.55 bits per heavy atom. The molecule has 146 valence electrons. The molecule has 6 nitrogen and oxygen atoms in total. The van der Waals surface area contributed by atoms with Crippen LogP contribution in [0.25, 0.3) is 0 Å². The molecule has 29 heavy (non-hydrogen) atoms. The van der Waals surface area contributed by atoms with Gasteiger partial charge in [-0.2, -0.15) is 0 Å². The second kappa shape index (κ2) is 8.06. The first-order chi connectivity index (χ1) is 14.1. The van der Waals surface area contributed by atoms with Crippen LogP contribution in [0.2, 0.25) is 0 Å². The largest absolute Gasteiger partial charge is 0.454 e. The van der Waals surface area contributed by atoms with Gasteiger partial charge >= 0.3 is 0 Å². The molecule has 0 bridgehead atoms. The molecule has 0 radical (unpaired) electrons. The SMILES string of the molecule is Cc1ccc(C(=O)Nc2cccc(CNC(=O)c3cccc4c3OCO4)c2)cc1. The van der Waals surface area contributed by atoms with Gasteiger partial charge in [0.15, 0.2) is 11.5 Å². The number of para-hydroxylation sites is 1. The molecular weight excluding hydrogens is 368 g/mol. The summed E-state index contributed by atoms with van der Waals surface area (Å²) < 4.78 is 10.7. The molecule has 2 amide bonds. The van der Waals surface area contributed by atoms with E-state index in [4.69, 9.17) is 9.47 Å². The molecule has 1 heterocycles. The lowest BCUT2D eigenvalue weighted by Crippen LogP contribution is -2.23. The number of nitrogens with one attached hydrogen (secondary N) is 2. The zero-order valence-corrected chi connectivity index (χ0v) is 15.9. The van der Waals surface area contributed by atoms with E-state index < -0.39 is 0 Å². The van der Waals surface area contributed by atoms with E-state index in [1.165, 1.54) is 0 Å². The van der Waals surface area contributed by atoms with Crippen LogP contribution >= 0.6 is 0 Å². The minimum absolute atomic E-state index is 0.113. The van der Waals surface area contributed by atoms with Crippen molar-refractivity contribution in [2.24, 2.45) is 0 Å². The second-order valence-electron chi connectivity index (χ2n) is 6.74. The molecule has 2 N–H and O–H groups in total. The fourth-order valence-corrected chi connectivity index (χ4v) is 3.05. The molecule has 3 aromatic carbocycles. The summed E-state index contributed by atoms with van der Waals surface area (Å²) in [6, 6.07) is 20.0. The van der Waals surface area contributed by atoms with Crippen LogP contribution in [0.4, 0.5) is 5.69 Å². The minimum atomic E-state index is -0.249. The van der Waals surface area contributed by atoms with Gasteiger partial charge < -0.3 is 20.1 Å². The van der Waals surface area contributed by atoms with Crippen LogP contribution in [0.5, 0.6) is 11.5 Å². The number of hydrogen-bond donors (Lipinski definition) is 2. The van der Waals surface area contributed by atoms with Crippen LogP contribution in [-0.4, -0.2) is 18.6 Å². The van der Waals surface area contributed by atoms with Crippen LogP contribution in [0, 0.1) is 6.92 Å². The average Bonchev–Trinajstić information content (AvgIpc) is 3.21. The molecule has 0 spiro atoms. The molecule has 0 saturated carbocycles. The summed E-state index contributed by atoms with van der Waals surface area (Å²) in [6.45, 7) is 2.41. The van der Waals surface area contributed by atoms with Gasteiger partial charge in [0.1, 0.15) is 0 Å². The number of amides is 2. The van der Waals surface area contributed by atoms with Gasteiger partial charge in [-0.25, -0.2) is 0 Å². The van der Waals surface area contributed by atoms with Crippen LogP contribution < -0.4 is 20.1 Å². The number of anilines is 1. The molecule has 0 saturated heterocycles. The number of rotatable bonds is 5. The van der Waals surface area contributed by atoms with Crippen molar-refractivity contribution in [1.82, 2.24) is 5.32 Å². The topological polar surface area (TPSA) is 76.7 Å². The molecule has 0 aromatic heterocycles. The van der Waals surface area contributed by atoms with Crippen LogP contribution in [-0.2, 0) is 6.54 Å². The number of carbonyl (C=O) groups excluding carboxylic acids is 2. The Bertz CT molecular complexity index is 1060. The van der Waals surface area contributed by atoms with Crippen molar-refractivity contribution < 1.29 is 19.1 Å². The highest BCUT2D eigenvalue weighted by Crippen LogP contribution is 2.35. The predicted octanol–water partition coefficient (Wildman–Crippen LogP) is 3.91. The molecule has 1 aliphatic rings. The Hall–Kier alpha value is -3.80. The molecular formula is C23H20N2O4. The summed E-state index contributed by atoms with van der Waals surface area (Å²) in [5.41, 5.74) is 3.66. The van der Waals surface area contributed by atoms with Gasteiger partial charge in [-0.05, 0) is 48.9 Å². The van der Waals surface area contributed by atoms with Gasteiger partial charge in [0.05, 0.1) is 5.56 Å². The first-order valence-electron chi connectivity index (χ1n) is 9.24. The summed E-state index contributed by atoms with van der Waals surface area (Å²) in [6.07, 6.45) is 0. The Morgan fingerprint density at radius 1 is 0.931 bits per heavy atom. The lowest BCUT2D eigenvalue weighted by atomic mass is 10.1. The van der Waals surface area contributed by atoms with Crippen LogP contribution in [0.3, 0.4) is 0 Å². The summed E-state index contributed by atoms with van der Waals surface area (Å²) in [5.74, 6) is 0.604. The van der Waals surface area contributed by atoms with Gasteiger partial charge in [-0.1, -0.05) is 35.9 Å². The van der Waals surface area contributed by atoms with E-state index in [-0.39, 0.29) is 18.6 Å². The predicted molar refractivity (Wildman–Crippen MR) is 109 cm³/mol. The van der Waals surface area contributed by atoms with E-state index in [1.54, 1.807) is 30.3 Å². The lowest BCUT2D eigenvalue weighted by Gasteiger charge is -2.10. The quantitative estimate of drug-likeness (QED) is 0.695. The summed E-state index contributed by atoms with van der Waals surface area (Å²) in [4.78, 5) is 24.9. The molecule has 4 rings (SSSR count). The monoisotopic (exact) mass is 388 g/mol. The van der Waals surface area contributed by atoms with Crippen LogP contribution in [0.1, 0.15) is 31.8 Å². The number of carbonyl (C=O) groups is 2. The first-order valence-corrected chi connectivity index (χ1v) is 9.24. The van der Waals surface area contributed by atoms with Crippen molar-refractivity contribution >= 4 is 17.5 Å². The fourth-order valence-electron chi connectivity index (χ4n) is 3.05. The number of fused-ring (bicyclic) bond motifs is 1. The van der Waals surface area contributed by atoms with Crippen molar-refractivity contribution in [3.8, 4) is 11.5 Å². The molecule has 0 aliphatic carbocycles. The standard InChI is InChI=1S/C23H20N2O4/c1-15-8-10-17(11-9-15)22(26)25-18-5-2-4-16(12-18)13-24-23(27)19-6-3-7-20-21(19)29-14-28-20/h2-12H,13-14H2,1H3,(H,24,27)(H,25,26). The van der Waals surface area contributed by atoms with Crippen molar-refractivity contribution in [2.75, 3.05) is 12.1 Å². The molecule has 0 atom stereocenters. The minimum Gasteiger partial charge on any atom is -0.454 e. The number of hydrogen-bond acceptors (Lipinski definition) is 4. The molecule has 0 unspecified atom stereocenters. The third-order valence-corrected chi connectivity index (χ3v) is 4.59. The van der Waals surface area contributed by atoms with E-state index in [0.29, 0.717) is 34.9 Å². The molecule has 3 aromatic rings. The maximum Gasteiger partial charge on any atom is 0.255 e. The molecule has 6 heteroatoms. The zero-order valence-electron chi connectivity index (χ0n) is 15.9. The van der Waals surface area contributed by atoms with E-state index in [1.807, 2.05) is 43.3 Å². The first kappa shape index (κ1) is 18.6. The van der Waals surface area contributed by atoms with E-state index >= 15 is 0 Å². The van der Waals surface area contributed by atoms with E-state index in [2.05, 4.69) is 10.6 Å². The highest BCUT2D eigenvalue weighted by molar-refractivity contribution is 6.04. The summed E-state index contributed by atoms with van der Waals surface area (Å²) >= 11 is 0. The Kier molecular flexibility index (Phi) is 5.16. The number of aryl methyl sites for hydroxylation is 1. The molecule has 1 aliphatic heterocycles. The van der Waals surface area contributed by atoms with E-state index in [9.17, 15) is 9.59 Å². The molecule has 0 fully saturated rings. The van der Waals surface area contributed by atoms with Crippen LogP contribution in [0.15, 0.2) is 66.7 Å². The van der Waals surface area contributed by atoms with Crippen molar-refractivity contribution in [2.45, 2.75) is 13.5 Å². The smallest absolute Gasteiger partial charge is 0.255 e. The normalized spacial score (nSPS) is 11.8. The Labute approximate surface area is 168 Å². The lowest BCUT2D eigenvalue weighted by molar-refractivity contribution is 0.0945. The Morgan fingerprint density at radius 2 is 1.72 bits per heavy atom. The summed E-state index contributed by atoms with van der Waals surface area (Å²) in [7, 11) is 0. The second-order valence-corrected chi connectivity index (χ2v) is 6.74. The van der Waals surface area contributed by atoms with E-state index in [0.717, 1.165) is 11.1 Å². The Balaban J connectivity index is 1.40. The third-order valence-electron chi connectivity index (χ3n) is 4.59. The maximum absolute atomic E-state index is 12.5. The van der Waals surface area contributed by atoms with Gasteiger partial charge in [0.25, 0.3) is 11.8 Å². The van der Waals surface area contributed by atoms with Crippen molar-refractivity contribution in [3.05, 3.63) is 89.0 Å². The zero-order chi connectivity index (χ0) is 20.2. The maximum atomic E-state index is 12.5. The average molecular weight is 388 g/mol. The van der Waals surface area contributed by atoms with Gasteiger partial charge in [-0.3, -0.25) is 9.59 Å². The van der Waals surface area contributed by atoms with Gasteiger partial charge in [-0.15, -0.1) is 0 Å². The fraction of sp³-hybridized carbons (Fsp3) is 0.130. The number of benzene rings is 3. The highest BCUT2D eigenvalue weighted by Gasteiger charge is 2.21. The van der Waals surface area contributed by atoms with Gasteiger partial charge in [0.2, 0.25) is 6.79 Å². The third kappa shape index (κ3) is 4.21. The van der Waals surface area contributed by atoms with Crippen molar-refractivity contribution in [3.63, 3.8) is 0 Å². The summed E-state index contributed by atoms with van der Waals surface area (Å²) in [5, 5.41) is 5.76. The van der Waals surface area contributed by atoms with Crippen molar-refractivity contribution in [1.29, 1.82) is 0 Å². The highest BCUT2D eigenvalue weighted by atomic mass is 16.7. The van der Waals surface area contributed by atoms with Gasteiger partial charge in [0, 0.05) is 17.8 Å². The number of ether oxygens (including phenoxy) is 2.